The highest BCUT2D eigenvalue weighted by Crippen LogP contribution is 2.50. The van der Waals surface area contributed by atoms with E-state index in [0.717, 1.165) is 55.5 Å². The Hall–Kier alpha value is -9.29. The normalized spacial score (nSPS) is 11.9. The number of benzene rings is 11. The molecule has 0 amide bonds. The lowest BCUT2D eigenvalue weighted by Gasteiger charge is -2.14. The molecule has 0 saturated heterocycles. The fraction of sp³-hybridized carbons (Fsp3) is 0. The standard InChI is InChI=1S/C67H40N4S/c1-3-16-41(17-4-1)48-37-49(42-18-5-2-6-19-42)39-50(38-48)66-68-65(47-35-30-43-20-7-8-21-46(43)36-47)69-67(70-66)55-25-10-9-22-51(55)44-31-33-45(34-32-44)56-40-57-53-24-12-14-28-59(53)71-58-27-13-11-23-52(58)54-26-15-29-60-61(54)62(63(57)71)64(56)72-60/h1-40H. The SMILES string of the molecule is c1ccc(-c2cc(-c3ccccc3)cc(-c3nc(-c4ccc5ccccc5c4)nc(-c4ccccc4-c4ccc(-c5cc6c7ccccc7n7c8ccccc8c8cccc9sc5c(c98)c67)cc4)n3)c2)cc1. The van der Waals surface area contributed by atoms with E-state index < -0.39 is 0 Å². The van der Waals surface area contributed by atoms with Crippen LogP contribution in [0.25, 0.3) is 148 Å². The van der Waals surface area contributed by atoms with Crippen LogP contribution in [0.4, 0.5) is 0 Å². The number of nitrogens with zero attached hydrogens (tertiary/aromatic N) is 4. The summed E-state index contributed by atoms with van der Waals surface area (Å²) in [6, 6.07) is 87.3. The summed E-state index contributed by atoms with van der Waals surface area (Å²) in [4.78, 5) is 16.0. The Morgan fingerprint density at radius 1 is 0.292 bits per heavy atom. The minimum absolute atomic E-state index is 0.614. The molecule has 72 heavy (non-hydrogen) atoms. The minimum Gasteiger partial charge on any atom is -0.308 e. The molecule has 0 aliphatic heterocycles. The molecular weight excluding hydrogens is 893 g/mol. The molecule has 0 saturated carbocycles. The molecule has 0 fully saturated rings. The van der Waals surface area contributed by atoms with Gasteiger partial charge in [0.1, 0.15) is 0 Å². The molecule has 15 rings (SSSR count). The molecule has 15 aromatic rings. The van der Waals surface area contributed by atoms with E-state index in [9.17, 15) is 0 Å². The lowest BCUT2D eigenvalue weighted by atomic mass is 9.94. The van der Waals surface area contributed by atoms with E-state index in [1.54, 1.807) is 0 Å². The monoisotopic (exact) mass is 932 g/mol. The summed E-state index contributed by atoms with van der Waals surface area (Å²) < 4.78 is 5.12. The number of fused-ring (bicyclic) bond motifs is 7. The van der Waals surface area contributed by atoms with Gasteiger partial charge in [-0.2, -0.15) is 0 Å². The first-order valence-corrected chi connectivity index (χ1v) is 25.2. The molecule has 0 spiro atoms. The second kappa shape index (κ2) is 16.1. The smallest absolute Gasteiger partial charge is 0.164 e. The van der Waals surface area contributed by atoms with E-state index in [1.165, 1.54) is 74.8 Å². The van der Waals surface area contributed by atoms with Crippen LogP contribution in [0.1, 0.15) is 0 Å². The molecule has 0 radical (unpaired) electrons. The topological polar surface area (TPSA) is 43.1 Å². The molecule has 5 heteroatoms. The number of thiophene rings is 1. The van der Waals surface area contributed by atoms with Gasteiger partial charge < -0.3 is 4.40 Å². The molecular formula is C67H40N4S. The maximum atomic E-state index is 5.40. The van der Waals surface area contributed by atoms with Crippen LogP contribution in [0.2, 0.25) is 0 Å². The average molecular weight is 933 g/mol. The number of hydrogen-bond donors (Lipinski definition) is 0. The number of hydrogen-bond acceptors (Lipinski definition) is 4. The van der Waals surface area contributed by atoms with Crippen molar-refractivity contribution in [1.29, 1.82) is 0 Å². The van der Waals surface area contributed by atoms with Crippen molar-refractivity contribution in [3.63, 3.8) is 0 Å². The number of aromatic nitrogens is 4. The van der Waals surface area contributed by atoms with Crippen molar-refractivity contribution in [2.75, 3.05) is 0 Å². The van der Waals surface area contributed by atoms with E-state index in [2.05, 4.69) is 247 Å². The highest BCUT2D eigenvalue weighted by molar-refractivity contribution is 7.26. The van der Waals surface area contributed by atoms with Crippen LogP contribution in [0.3, 0.4) is 0 Å². The quantitative estimate of drug-likeness (QED) is 0.160. The molecule has 11 aromatic carbocycles. The summed E-state index contributed by atoms with van der Waals surface area (Å²) in [5.41, 5.74) is 15.5. The Labute approximate surface area is 418 Å². The molecule has 0 N–H and O–H groups in total. The van der Waals surface area contributed by atoms with Crippen LogP contribution in [0, 0.1) is 0 Å². The number of rotatable bonds is 7. The molecule has 4 aromatic heterocycles. The van der Waals surface area contributed by atoms with Crippen molar-refractivity contribution in [1.82, 2.24) is 19.4 Å². The third kappa shape index (κ3) is 6.41. The maximum absolute atomic E-state index is 5.40. The van der Waals surface area contributed by atoms with Gasteiger partial charge in [0.15, 0.2) is 17.5 Å². The molecule has 4 nitrogen and oxygen atoms in total. The summed E-state index contributed by atoms with van der Waals surface area (Å²) in [6.07, 6.45) is 0. The molecule has 0 aliphatic carbocycles. The first kappa shape index (κ1) is 40.6. The summed E-state index contributed by atoms with van der Waals surface area (Å²) in [5, 5.41) is 10.1. The Morgan fingerprint density at radius 3 is 1.53 bits per heavy atom. The van der Waals surface area contributed by atoms with Crippen LogP contribution < -0.4 is 0 Å². The van der Waals surface area contributed by atoms with Crippen molar-refractivity contribution >= 4 is 80.4 Å². The van der Waals surface area contributed by atoms with Gasteiger partial charge in [-0.3, -0.25) is 0 Å². The van der Waals surface area contributed by atoms with Crippen molar-refractivity contribution in [2.24, 2.45) is 0 Å². The van der Waals surface area contributed by atoms with Gasteiger partial charge in [-0.05, 0) is 104 Å². The van der Waals surface area contributed by atoms with Crippen LogP contribution >= 0.6 is 11.3 Å². The van der Waals surface area contributed by atoms with Gasteiger partial charge in [0.25, 0.3) is 0 Å². The van der Waals surface area contributed by atoms with Crippen LogP contribution in [-0.4, -0.2) is 19.4 Å². The Bertz CT molecular complexity index is 4550. The Morgan fingerprint density at radius 2 is 0.819 bits per heavy atom. The first-order chi connectivity index (χ1) is 35.7. The summed E-state index contributed by atoms with van der Waals surface area (Å²) in [6.45, 7) is 0. The minimum atomic E-state index is 0.614. The van der Waals surface area contributed by atoms with Crippen LogP contribution in [0.15, 0.2) is 243 Å². The lowest BCUT2D eigenvalue weighted by Crippen LogP contribution is -2.01. The fourth-order valence-corrected chi connectivity index (χ4v) is 12.5. The van der Waals surface area contributed by atoms with E-state index in [-0.39, 0.29) is 0 Å². The van der Waals surface area contributed by atoms with Gasteiger partial charge in [0.2, 0.25) is 0 Å². The third-order valence-electron chi connectivity index (χ3n) is 14.6. The van der Waals surface area contributed by atoms with Crippen LogP contribution in [-0.2, 0) is 0 Å². The average Bonchev–Trinajstić information content (AvgIpc) is 3.97. The largest absolute Gasteiger partial charge is 0.308 e. The second-order valence-electron chi connectivity index (χ2n) is 18.7. The summed E-state index contributed by atoms with van der Waals surface area (Å²) >= 11 is 1.90. The summed E-state index contributed by atoms with van der Waals surface area (Å²) in [5.74, 6) is 1.85. The van der Waals surface area contributed by atoms with E-state index in [0.29, 0.717) is 17.5 Å². The van der Waals surface area contributed by atoms with Crippen molar-refractivity contribution in [3.8, 4) is 78.7 Å². The third-order valence-corrected chi connectivity index (χ3v) is 15.7. The van der Waals surface area contributed by atoms with E-state index in [1.807, 2.05) is 11.3 Å². The molecule has 334 valence electrons. The molecule has 4 heterocycles. The van der Waals surface area contributed by atoms with Gasteiger partial charge in [-0.15, -0.1) is 11.3 Å². The highest BCUT2D eigenvalue weighted by Gasteiger charge is 2.24. The van der Waals surface area contributed by atoms with Gasteiger partial charge in [-0.1, -0.05) is 194 Å². The van der Waals surface area contributed by atoms with Gasteiger partial charge >= 0.3 is 0 Å². The van der Waals surface area contributed by atoms with Gasteiger partial charge in [-0.25, -0.2) is 15.0 Å². The predicted molar refractivity (Wildman–Crippen MR) is 303 cm³/mol. The number of para-hydroxylation sites is 2. The predicted octanol–water partition coefficient (Wildman–Crippen LogP) is 18.2. The molecule has 0 aliphatic rings. The summed E-state index contributed by atoms with van der Waals surface area (Å²) in [7, 11) is 0. The highest BCUT2D eigenvalue weighted by atomic mass is 32.1. The molecule has 0 unspecified atom stereocenters. The Balaban J connectivity index is 0.909. The van der Waals surface area contributed by atoms with E-state index in [4.69, 9.17) is 15.0 Å². The maximum Gasteiger partial charge on any atom is 0.164 e. The fourth-order valence-electron chi connectivity index (χ4n) is 11.2. The lowest BCUT2D eigenvalue weighted by molar-refractivity contribution is 1.07. The van der Waals surface area contributed by atoms with Crippen LogP contribution in [0.5, 0.6) is 0 Å². The zero-order valence-electron chi connectivity index (χ0n) is 38.8. The van der Waals surface area contributed by atoms with Crippen molar-refractivity contribution in [2.45, 2.75) is 0 Å². The molecule has 0 bridgehead atoms. The zero-order valence-corrected chi connectivity index (χ0v) is 39.6. The van der Waals surface area contributed by atoms with Crippen molar-refractivity contribution in [3.05, 3.63) is 243 Å². The Kier molecular flexibility index (Phi) is 9.10. The molecule has 0 atom stereocenters. The van der Waals surface area contributed by atoms with Crippen molar-refractivity contribution < 1.29 is 0 Å². The van der Waals surface area contributed by atoms with Gasteiger partial charge in [0.05, 0.1) is 16.6 Å². The van der Waals surface area contributed by atoms with Gasteiger partial charge in [0, 0.05) is 58.6 Å². The zero-order chi connectivity index (χ0) is 47.3. The van der Waals surface area contributed by atoms with E-state index >= 15 is 0 Å². The second-order valence-corrected chi connectivity index (χ2v) is 19.7. The first-order valence-electron chi connectivity index (χ1n) is 24.4.